The molecule has 12 aliphatic rings. The zero-order valence-electron chi connectivity index (χ0n) is 54.8. The molecule has 9 saturated heterocycles. The Balaban J connectivity index is 0.523. The first-order chi connectivity index (χ1) is 44.6. The molecule has 12 fully saturated rings. The number of piperidine rings is 4. The van der Waals surface area contributed by atoms with Gasteiger partial charge in [0.1, 0.15) is 17.5 Å². The van der Waals surface area contributed by atoms with Gasteiger partial charge in [0.15, 0.2) is 0 Å². The highest BCUT2D eigenvalue weighted by Crippen LogP contribution is 2.52. The van der Waals surface area contributed by atoms with Crippen molar-refractivity contribution >= 4 is 33.1 Å². The van der Waals surface area contributed by atoms with Gasteiger partial charge < -0.3 is 29.7 Å². The van der Waals surface area contributed by atoms with Gasteiger partial charge in [0.25, 0.3) is 0 Å². The zero-order valence-corrected chi connectivity index (χ0v) is 54.8. The molecule has 482 valence electrons. The van der Waals surface area contributed by atoms with E-state index in [9.17, 15) is 0 Å². The topological polar surface area (TPSA) is 99.3 Å². The van der Waals surface area contributed by atoms with Crippen molar-refractivity contribution in [3.05, 3.63) is 90.3 Å². The van der Waals surface area contributed by atoms with Crippen LogP contribution in [0.15, 0.2) is 72.8 Å². The van der Waals surface area contributed by atoms with E-state index >= 15 is 0 Å². The molecule has 0 amide bonds. The largest absolute Gasteiger partial charge is 0.324 e. The van der Waals surface area contributed by atoms with Crippen LogP contribution in [-0.4, -0.2) is 137 Å². The van der Waals surface area contributed by atoms with E-state index in [-0.39, 0.29) is 0 Å². The van der Waals surface area contributed by atoms with Gasteiger partial charge in [-0.05, 0) is 195 Å². The van der Waals surface area contributed by atoms with Crippen molar-refractivity contribution in [3.63, 3.8) is 0 Å². The van der Waals surface area contributed by atoms with Crippen molar-refractivity contribution in [1.82, 2.24) is 59.3 Å². The highest BCUT2D eigenvalue weighted by Gasteiger charge is 2.50. The third-order valence-electron chi connectivity index (χ3n) is 27.9. The molecule has 90 heavy (non-hydrogen) atoms. The summed E-state index contributed by atoms with van der Waals surface area (Å²) in [5.74, 6) is 8.76. The van der Waals surface area contributed by atoms with Crippen molar-refractivity contribution in [3.8, 4) is 0 Å². The average molecular weight is 1220 g/mol. The summed E-state index contributed by atoms with van der Waals surface area (Å²) in [7, 11) is 0. The van der Waals surface area contributed by atoms with E-state index in [2.05, 4.69) is 117 Å². The van der Waals surface area contributed by atoms with Gasteiger partial charge in [-0.15, -0.1) is 0 Å². The molecule has 18 rings (SSSR count). The number of hydrogen-bond acceptors (Lipinski definition) is 9. The number of aromatic nitrogens is 6. The number of hydrogen-bond donors (Lipinski definition) is 3. The fourth-order valence-electron chi connectivity index (χ4n) is 24.0. The number of rotatable bonds is 11. The molecular formula is C78H110N12. The van der Waals surface area contributed by atoms with Crippen LogP contribution in [0.3, 0.4) is 0 Å². The smallest absolute Gasteiger partial charge is 0.115 e. The van der Waals surface area contributed by atoms with Crippen molar-refractivity contribution in [1.29, 1.82) is 0 Å². The summed E-state index contributed by atoms with van der Waals surface area (Å²) in [6.45, 7) is 6.66. The Morgan fingerprint density at radius 1 is 0.289 bits per heavy atom. The molecule has 3 aromatic heterocycles. The van der Waals surface area contributed by atoms with Gasteiger partial charge in [-0.2, -0.15) is 0 Å². The lowest BCUT2D eigenvalue weighted by molar-refractivity contribution is 0.0427. The molecule has 3 N–H and O–H groups in total. The summed E-state index contributed by atoms with van der Waals surface area (Å²) in [6, 6.07) is 36.0. The molecular weight excluding hydrogens is 1100 g/mol. The summed E-state index contributed by atoms with van der Waals surface area (Å²) in [5.41, 5.74) is 7.88. The quantitative estimate of drug-likeness (QED) is 0.117. The lowest BCUT2D eigenvalue weighted by Crippen LogP contribution is -2.50. The third-order valence-corrected chi connectivity index (χ3v) is 27.9. The summed E-state index contributed by atoms with van der Waals surface area (Å²) in [6.07, 6.45) is 44.3. The fraction of sp³-hybridized carbons (Fsp3) is 0.731. The second kappa shape index (κ2) is 25.2. The molecule has 3 aromatic carbocycles. The van der Waals surface area contributed by atoms with Crippen LogP contribution in [0.1, 0.15) is 259 Å². The second-order valence-electron chi connectivity index (χ2n) is 32.5. The van der Waals surface area contributed by atoms with E-state index < -0.39 is 0 Å². The number of nitrogens with zero attached hydrogens (tertiary/aromatic N) is 9. The van der Waals surface area contributed by atoms with Crippen LogP contribution in [0.5, 0.6) is 0 Å². The lowest BCUT2D eigenvalue weighted by atomic mass is 9.71. The fourth-order valence-corrected chi connectivity index (χ4v) is 24.0. The van der Waals surface area contributed by atoms with Crippen LogP contribution in [0, 0.1) is 23.7 Å². The number of imidazole rings is 3. The normalized spacial score (nSPS) is 38.1. The monoisotopic (exact) mass is 1210 g/mol. The van der Waals surface area contributed by atoms with Crippen molar-refractivity contribution in [2.75, 3.05) is 39.3 Å². The van der Waals surface area contributed by atoms with Crippen molar-refractivity contribution in [2.45, 2.75) is 296 Å². The SMILES string of the molecule is c1ccc2c(c1)nc(C1CNC1)n2C1CC2CCC(C1)N2C1CCCC(C2CNC[C@@H]2c2nc3ccccc3n2C2CC3CCC(C2)N3C2CCCC(C3CCNC[C@@H]3c3nc4ccccc4n3C3CC4CCC(C3)N4C3CCCCCCC3)CCC2)CCC1. The Kier molecular flexibility index (Phi) is 16.4. The third kappa shape index (κ3) is 10.6. The van der Waals surface area contributed by atoms with Gasteiger partial charge in [-0.3, -0.25) is 14.7 Å². The van der Waals surface area contributed by atoms with Crippen LogP contribution in [0.25, 0.3) is 33.1 Å². The molecule has 12 nitrogen and oxygen atoms in total. The molecule has 0 radical (unpaired) electrons. The predicted octanol–water partition coefficient (Wildman–Crippen LogP) is 15.1. The van der Waals surface area contributed by atoms with Crippen molar-refractivity contribution in [2.24, 2.45) is 23.7 Å². The Labute approximate surface area is 538 Å². The molecule has 8 unspecified atom stereocenters. The first kappa shape index (κ1) is 58.4. The van der Waals surface area contributed by atoms with Crippen LogP contribution >= 0.6 is 0 Å². The molecule has 3 aliphatic carbocycles. The second-order valence-corrected chi connectivity index (χ2v) is 32.5. The van der Waals surface area contributed by atoms with Gasteiger partial charge in [-0.1, -0.05) is 120 Å². The van der Waals surface area contributed by atoms with E-state index in [4.69, 9.17) is 15.0 Å². The summed E-state index contributed by atoms with van der Waals surface area (Å²) in [5, 5.41) is 11.6. The predicted molar refractivity (Wildman–Crippen MR) is 364 cm³/mol. The minimum absolute atomic E-state index is 0.494. The molecule has 6 aromatic rings. The molecule has 9 aliphatic heterocycles. The Morgan fingerprint density at radius 3 is 1.08 bits per heavy atom. The number of nitrogens with one attached hydrogen (secondary N) is 3. The number of benzene rings is 3. The minimum Gasteiger partial charge on any atom is -0.324 e. The van der Waals surface area contributed by atoms with E-state index in [1.807, 2.05) is 0 Å². The van der Waals surface area contributed by atoms with Gasteiger partial charge in [0.05, 0.1) is 33.1 Å². The van der Waals surface area contributed by atoms with Crippen LogP contribution in [-0.2, 0) is 0 Å². The molecule has 6 bridgehead atoms. The Morgan fingerprint density at radius 2 is 0.644 bits per heavy atom. The molecule has 3 saturated carbocycles. The molecule has 12 heterocycles. The highest BCUT2D eigenvalue weighted by molar-refractivity contribution is 5.78. The van der Waals surface area contributed by atoms with E-state index in [0.29, 0.717) is 53.9 Å². The summed E-state index contributed by atoms with van der Waals surface area (Å²) in [4.78, 5) is 26.1. The number of fused-ring (bicyclic) bond motifs is 9. The maximum absolute atomic E-state index is 5.74. The van der Waals surface area contributed by atoms with Crippen LogP contribution in [0.2, 0.25) is 0 Å². The Bertz CT molecular complexity index is 3380. The summed E-state index contributed by atoms with van der Waals surface area (Å²) < 4.78 is 8.50. The van der Waals surface area contributed by atoms with Gasteiger partial charge in [-0.25, -0.2) is 15.0 Å². The maximum atomic E-state index is 5.74. The molecule has 10 atom stereocenters. The molecule has 12 heteroatoms. The maximum Gasteiger partial charge on any atom is 0.115 e. The standard InChI is InChI=1S/C78H110N12/c1-2-4-20-54(21-5-3-1)85-59-34-35-60(85)43-64(42-59)89-74-30-10-7-27-71(74)83-77(89)68-49-79-39-38-66(68)51-16-12-22-55(23-13-17-51)87-61-36-37-62(87)45-65(44-61)90-75-31-11-8-28-72(75)84-78(90)69-50-81-48-67(69)52-18-14-24-56(25-15-19-52)86-57-32-33-58(86)41-63(40-57)88-73-29-9-6-26-70(73)82-76(88)53-46-80-47-53/h6-11,26-31,51-69,79-81H,1-5,12-25,32-50H2/t51?,52?,55?,56?,57?,58?,59?,60?,61?,62?,63?,64?,65?,66?,67?,68-,69-/m0/s1. The Hall–Kier alpha value is -4.17. The summed E-state index contributed by atoms with van der Waals surface area (Å²) >= 11 is 0. The van der Waals surface area contributed by atoms with E-state index in [1.165, 1.54) is 263 Å². The van der Waals surface area contributed by atoms with Crippen molar-refractivity contribution < 1.29 is 0 Å². The molecule has 0 spiro atoms. The lowest BCUT2D eigenvalue weighted by Gasteiger charge is -2.46. The average Bonchev–Trinajstić information content (AvgIpc) is 1.62. The van der Waals surface area contributed by atoms with E-state index in [0.717, 1.165) is 92.8 Å². The first-order valence-electron chi connectivity index (χ1n) is 38.5. The van der Waals surface area contributed by atoms with Gasteiger partial charge in [0, 0.05) is 116 Å². The highest BCUT2D eigenvalue weighted by atomic mass is 15.3. The minimum atomic E-state index is 0.494. The van der Waals surface area contributed by atoms with Gasteiger partial charge >= 0.3 is 0 Å². The first-order valence-corrected chi connectivity index (χ1v) is 38.5. The zero-order chi connectivity index (χ0) is 59.2. The van der Waals surface area contributed by atoms with Gasteiger partial charge in [0.2, 0.25) is 0 Å². The van der Waals surface area contributed by atoms with Crippen LogP contribution < -0.4 is 16.0 Å². The van der Waals surface area contributed by atoms with Crippen LogP contribution in [0.4, 0.5) is 0 Å². The van der Waals surface area contributed by atoms with E-state index in [1.54, 1.807) is 0 Å². The number of para-hydroxylation sites is 6.